The maximum absolute atomic E-state index is 12.0. The summed E-state index contributed by atoms with van der Waals surface area (Å²) in [6, 6.07) is 5.26. The molecule has 1 amide bonds. The molecule has 0 spiro atoms. The highest BCUT2D eigenvalue weighted by Gasteiger charge is 2.13. The van der Waals surface area contributed by atoms with E-state index in [1.165, 1.54) is 11.3 Å². The van der Waals surface area contributed by atoms with Gasteiger partial charge in [0.05, 0.1) is 5.69 Å². The Morgan fingerprint density at radius 1 is 1.29 bits per heavy atom. The second kappa shape index (κ2) is 5.49. The second-order valence-electron chi connectivity index (χ2n) is 4.55. The van der Waals surface area contributed by atoms with Crippen molar-refractivity contribution in [1.29, 1.82) is 0 Å². The summed E-state index contributed by atoms with van der Waals surface area (Å²) in [6.45, 7) is 3.80. The number of nitrogens with one attached hydrogen (secondary N) is 1. The van der Waals surface area contributed by atoms with E-state index in [9.17, 15) is 4.79 Å². The Labute approximate surface area is 125 Å². The van der Waals surface area contributed by atoms with E-state index in [0.29, 0.717) is 10.7 Å². The van der Waals surface area contributed by atoms with Crippen LogP contribution in [0.15, 0.2) is 40.4 Å². The number of rotatable bonds is 3. The summed E-state index contributed by atoms with van der Waals surface area (Å²) >= 11 is 1.38. The summed E-state index contributed by atoms with van der Waals surface area (Å²) in [5.74, 6) is 1.47. The highest BCUT2D eigenvalue weighted by atomic mass is 32.1. The predicted octanol–water partition coefficient (Wildman–Crippen LogP) is 3.67. The van der Waals surface area contributed by atoms with Crippen LogP contribution in [0, 0.1) is 13.8 Å². The summed E-state index contributed by atoms with van der Waals surface area (Å²) in [7, 11) is 0. The molecule has 0 saturated heterocycles. The number of anilines is 1. The molecule has 0 atom stereocenters. The molecule has 106 valence electrons. The van der Waals surface area contributed by atoms with Crippen LogP contribution in [0.3, 0.4) is 0 Å². The minimum atomic E-state index is -0.196. The Morgan fingerprint density at radius 2 is 2.05 bits per heavy atom. The first-order valence-corrected chi connectivity index (χ1v) is 7.26. The third-order valence-corrected chi connectivity index (χ3v) is 3.74. The van der Waals surface area contributed by atoms with Crippen LogP contribution in [0.5, 0.6) is 0 Å². The molecule has 3 aromatic rings. The molecule has 1 N–H and O–H groups in total. The zero-order valence-corrected chi connectivity index (χ0v) is 12.4. The number of nitrogens with zero attached hydrogens (tertiary/aromatic N) is 2. The highest BCUT2D eigenvalue weighted by molar-refractivity contribution is 7.14. The van der Waals surface area contributed by atoms with Crippen LogP contribution in [0.1, 0.15) is 21.9 Å². The van der Waals surface area contributed by atoms with Crippen molar-refractivity contribution in [2.45, 2.75) is 13.8 Å². The standard InChI is InChI=1S/C15H13N3O2S/c1-9-7-12(10(2)20-9)13-8-21-15(17-13)18-14(19)11-3-5-16-6-4-11/h3-8H,1-2H3,(H,17,18,19). The van der Waals surface area contributed by atoms with Crippen LogP contribution in [0.25, 0.3) is 11.3 Å². The van der Waals surface area contributed by atoms with Crippen LogP contribution in [0.4, 0.5) is 5.13 Å². The Morgan fingerprint density at radius 3 is 2.71 bits per heavy atom. The zero-order chi connectivity index (χ0) is 14.8. The van der Waals surface area contributed by atoms with Gasteiger partial charge in [0.25, 0.3) is 5.91 Å². The summed E-state index contributed by atoms with van der Waals surface area (Å²) in [5.41, 5.74) is 2.31. The number of pyridine rings is 1. The lowest BCUT2D eigenvalue weighted by Crippen LogP contribution is -2.11. The highest BCUT2D eigenvalue weighted by Crippen LogP contribution is 2.29. The maximum Gasteiger partial charge on any atom is 0.257 e. The average molecular weight is 299 g/mol. The number of hydrogen-bond donors (Lipinski definition) is 1. The van der Waals surface area contributed by atoms with Gasteiger partial charge in [0.15, 0.2) is 5.13 Å². The van der Waals surface area contributed by atoms with Crippen molar-refractivity contribution in [3.05, 3.63) is 53.1 Å². The first-order valence-electron chi connectivity index (χ1n) is 6.38. The lowest BCUT2D eigenvalue weighted by Gasteiger charge is -2.00. The van der Waals surface area contributed by atoms with Gasteiger partial charge in [0.2, 0.25) is 0 Å². The van der Waals surface area contributed by atoms with Crippen molar-refractivity contribution >= 4 is 22.4 Å². The lowest BCUT2D eigenvalue weighted by molar-refractivity contribution is 0.102. The van der Waals surface area contributed by atoms with Gasteiger partial charge in [0, 0.05) is 28.9 Å². The van der Waals surface area contributed by atoms with Gasteiger partial charge in [-0.3, -0.25) is 15.1 Å². The molecule has 0 unspecified atom stereocenters. The lowest BCUT2D eigenvalue weighted by atomic mass is 10.2. The van der Waals surface area contributed by atoms with Gasteiger partial charge < -0.3 is 4.42 Å². The van der Waals surface area contributed by atoms with Crippen LogP contribution in [-0.2, 0) is 0 Å². The number of amides is 1. The molecule has 0 aromatic carbocycles. The Balaban J connectivity index is 1.80. The smallest absolute Gasteiger partial charge is 0.257 e. The molecular weight excluding hydrogens is 286 g/mol. The fourth-order valence-electron chi connectivity index (χ4n) is 2.01. The molecule has 5 nitrogen and oxygen atoms in total. The predicted molar refractivity (Wildman–Crippen MR) is 81.5 cm³/mol. The van der Waals surface area contributed by atoms with E-state index in [0.717, 1.165) is 22.8 Å². The fourth-order valence-corrected chi connectivity index (χ4v) is 2.72. The van der Waals surface area contributed by atoms with Crippen molar-refractivity contribution in [1.82, 2.24) is 9.97 Å². The van der Waals surface area contributed by atoms with E-state index >= 15 is 0 Å². The van der Waals surface area contributed by atoms with Crippen LogP contribution in [0.2, 0.25) is 0 Å². The molecule has 6 heteroatoms. The van der Waals surface area contributed by atoms with Crippen molar-refractivity contribution in [3.63, 3.8) is 0 Å². The summed E-state index contributed by atoms with van der Waals surface area (Å²) in [5, 5.41) is 5.25. The maximum atomic E-state index is 12.0. The normalized spacial score (nSPS) is 10.6. The molecule has 0 bridgehead atoms. The first kappa shape index (κ1) is 13.5. The molecule has 3 rings (SSSR count). The number of thiazole rings is 1. The number of aryl methyl sites for hydroxylation is 2. The Bertz CT molecular complexity index is 777. The Hall–Kier alpha value is -2.47. The third kappa shape index (κ3) is 2.85. The molecule has 0 fully saturated rings. The topological polar surface area (TPSA) is 68.0 Å². The summed E-state index contributed by atoms with van der Waals surface area (Å²) in [6.07, 6.45) is 3.17. The van der Waals surface area contributed by atoms with E-state index in [1.807, 2.05) is 25.3 Å². The summed E-state index contributed by atoms with van der Waals surface area (Å²) < 4.78 is 5.50. The number of furan rings is 1. The van der Waals surface area contributed by atoms with Gasteiger partial charge in [-0.15, -0.1) is 11.3 Å². The number of aromatic nitrogens is 2. The molecule has 21 heavy (non-hydrogen) atoms. The van der Waals surface area contributed by atoms with E-state index in [-0.39, 0.29) is 5.91 Å². The van der Waals surface area contributed by atoms with E-state index < -0.39 is 0 Å². The van der Waals surface area contributed by atoms with Gasteiger partial charge >= 0.3 is 0 Å². The van der Waals surface area contributed by atoms with Gasteiger partial charge in [-0.05, 0) is 32.0 Å². The quantitative estimate of drug-likeness (QED) is 0.801. The van der Waals surface area contributed by atoms with Crippen molar-refractivity contribution in [3.8, 4) is 11.3 Å². The van der Waals surface area contributed by atoms with Crippen molar-refractivity contribution < 1.29 is 9.21 Å². The number of carbonyl (C=O) groups excluding carboxylic acids is 1. The summed E-state index contributed by atoms with van der Waals surface area (Å²) in [4.78, 5) is 20.4. The van der Waals surface area contributed by atoms with E-state index in [4.69, 9.17) is 4.42 Å². The molecule has 0 saturated carbocycles. The SMILES string of the molecule is Cc1cc(-c2csc(NC(=O)c3ccncc3)n2)c(C)o1. The van der Waals surface area contributed by atoms with Gasteiger partial charge in [-0.25, -0.2) is 4.98 Å². The van der Waals surface area contributed by atoms with Crippen LogP contribution in [-0.4, -0.2) is 15.9 Å². The average Bonchev–Trinajstić information content (AvgIpc) is 3.06. The van der Waals surface area contributed by atoms with Gasteiger partial charge in [-0.2, -0.15) is 0 Å². The number of carbonyl (C=O) groups is 1. The van der Waals surface area contributed by atoms with Crippen LogP contribution >= 0.6 is 11.3 Å². The second-order valence-corrected chi connectivity index (χ2v) is 5.41. The van der Waals surface area contributed by atoms with Crippen molar-refractivity contribution in [2.75, 3.05) is 5.32 Å². The van der Waals surface area contributed by atoms with Crippen molar-refractivity contribution in [2.24, 2.45) is 0 Å². The molecule has 3 heterocycles. The van der Waals surface area contributed by atoms with E-state index in [1.54, 1.807) is 24.5 Å². The largest absolute Gasteiger partial charge is 0.466 e. The first-order chi connectivity index (χ1) is 10.1. The van der Waals surface area contributed by atoms with Gasteiger partial charge in [-0.1, -0.05) is 0 Å². The Kier molecular flexibility index (Phi) is 3.53. The fraction of sp³-hybridized carbons (Fsp3) is 0.133. The minimum absolute atomic E-state index is 0.196. The third-order valence-electron chi connectivity index (χ3n) is 2.98. The molecule has 0 aliphatic carbocycles. The molecule has 0 radical (unpaired) electrons. The molecular formula is C15H13N3O2S. The molecule has 0 aliphatic heterocycles. The number of hydrogen-bond acceptors (Lipinski definition) is 5. The molecule has 0 aliphatic rings. The van der Waals surface area contributed by atoms with Crippen LogP contribution < -0.4 is 5.32 Å². The molecule has 3 aromatic heterocycles. The minimum Gasteiger partial charge on any atom is -0.466 e. The zero-order valence-electron chi connectivity index (χ0n) is 11.6. The van der Waals surface area contributed by atoms with Gasteiger partial charge in [0.1, 0.15) is 11.5 Å². The van der Waals surface area contributed by atoms with E-state index in [2.05, 4.69) is 15.3 Å². The monoisotopic (exact) mass is 299 g/mol.